The second-order valence-corrected chi connectivity index (χ2v) is 31.1. The van der Waals surface area contributed by atoms with Crippen LogP contribution < -0.4 is 64.6 Å². The molecular weight excluding hydrogens is 1490 g/mol. The van der Waals surface area contributed by atoms with Crippen LogP contribution in [0.15, 0.2) is 60.8 Å². The number of primary amides is 2. The quantitative estimate of drug-likeness (QED) is 0.0360. The molecule has 0 saturated carbocycles. The molecule has 0 unspecified atom stereocenters. The second kappa shape index (κ2) is 51.0. The van der Waals surface area contributed by atoms with E-state index >= 15 is 0 Å². The van der Waals surface area contributed by atoms with Crippen LogP contribution in [0, 0.1) is 17.8 Å². The zero-order valence-corrected chi connectivity index (χ0v) is 67.8. The van der Waals surface area contributed by atoms with Gasteiger partial charge in [-0.2, -0.15) is 0 Å². The maximum absolute atomic E-state index is 14.2. The number of para-hydroxylation sites is 1. The highest BCUT2D eigenvalue weighted by Gasteiger charge is 2.41. The number of carboxylic acid groups (broad SMARTS) is 2. The minimum absolute atomic E-state index is 0.0314. The highest BCUT2D eigenvalue weighted by Crippen LogP contribution is 2.24. The first-order valence-corrected chi connectivity index (χ1v) is 40.5. The summed E-state index contributed by atoms with van der Waals surface area (Å²) in [6, 6.07) is -0.0269. The SMILES string of the molecule is CC[C@H](C)[C@H](NC(=O)[C@H](CCC(N)=O)NC(=O)[C@@H]1CCCN1C(=O)CCCCCCCCCCCCCCCCC(=O)N[C@@H](CO)C(=O)N[C@H](C(=O)N[C@@H](CC(C)C)C(=O)N[C@@H](CC(N)=O)C(=O)N[C@@H](Cc1ccccc1)C(=O)O)[C@@H](C)O)C(=O)N[C@H](C(=O)N[C@@H](CC(C)C)C(=O)N[C@@H](Cc1c[nH]c2ccccc12)C(=O)O)[C@@H](C)O. The van der Waals surface area contributed by atoms with Crippen LogP contribution in [-0.2, 0) is 84.8 Å². The van der Waals surface area contributed by atoms with Gasteiger partial charge in [-0.3, -0.25) is 62.3 Å². The number of amides is 13. The van der Waals surface area contributed by atoms with E-state index in [9.17, 15) is 97.5 Å². The van der Waals surface area contributed by atoms with Gasteiger partial charge < -0.3 is 100 Å². The molecule has 0 radical (unpaired) electrons. The lowest BCUT2D eigenvalue weighted by Gasteiger charge is -2.30. The molecule has 20 N–H and O–H groups in total. The first-order valence-electron chi connectivity index (χ1n) is 40.5. The number of rotatable bonds is 56. The minimum Gasteiger partial charge on any atom is -0.480 e. The van der Waals surface area contributed by atoms with E-state index in [-0.39, 0.29) is 69.1 Å². The molecule has 34 heteroatoms. The Morgan fingerprint density at radius 1 is 0.470 bits per heavy atom. The van der Waals surface area contributed by atoms with Crippen molar-refractivity contribution >= 4 is 99.6 Å². The molecule has 2 heterocycles. The lowest BCUT2D eigenvalue weighted by Crippen LogP contribution is -2.62. The van der Waals surface area contributed by atoms with E-state index in [0.29, 0.717) is 49.8 Å². The fourth-order valence-corrected chi connectivity index (χ4v) is 13.6. The van der Waals surface area contributed by atoms with Crippen molar-refractivity contribution in [3.63, 3.8) is 0 Å². The van der Waals surface area contributed by atoms with E-state index in [2.05, 4.69) is 58.2 Å². The number of hydrogen-bond acceptors (Lipinski definition) is 18. The number of hydrogen-bond donors (Lipinski definition) is 18. The summed E-state index contributed by atoms with van der Waals surface area (Å²) >= 11 is 0. The van der Waals surface area contributed by atoms with Crippen LogP contribution in [-0.4, -0.2) is 216 Å². The van der Waals surface area contributed by atoms with E-state index in [1.165, 1.54) is 18.7 Å². The number of carbonyl (C=O) groups excluding carboxylic acids is 13. The summed E-state index contributed by atoms with van der Waals surface area (Å²) in [4.78, 5) is 204. The van der Waals surface area contributed by atoms with Crippen molar-refractivity contribution in [2.45, 2.75) is 301 Å². The van der Waals surface area contributed by atoms with Gasteiger partial charge >= 0.3 is 11.9 Å². The molecule has 1 aliphatic rings. The van der Waals surface area contributed by atoms with Crippen molar-refractivity contribution < 1.29 is 97.5 Å². The number of nitrogens with two attached hydrogens (primary N) is 2. The Bertz CT molecular complexity index is 3690. The van der Waals surface area contributed by atoms with Crippen molar-refractivity contribution in [2.24, 2.45) is 29.2 Å². The maximum Gasteiger partial charge on any atom is 0.326 e. The van der Waals surface area contributed by atoms with Crippen LogP contribution in [0.4, 0.5) is 0 Å². The average Bonchev–Trinajstić information content (AvgIpc) is 1.62. The van der Waals surface area contributed by atoms with E-state index in [4.69, 9.17) is 11.5 Å². The largest absolute Gasteiger partial charge is 0.480 e. The summed E-state index contributed by atoms with van der Waals surface area (Å²) in [5, 5.41) is 77.4. The number of benzene rings is 2. The van der Waals surface area contributed by atoms with Crippen LogP contribution in [0.2, 0.25) is 0 Å². The minimum atomic E-state index is -1.69. The van der Waals surface area contributed by atoms with Crippen LogP contribution in [0.5, 0.6) is 0 Å². The van der Waals surface area contributed by atoms with Gasteiger partial charge in [-0.15, -0.1) is 0 Å². The van der Waals surface area contributed by atoms with Gasteiger partial charge in [0.1, 0.15) is 66.5 Å². The summed E-state index contributed by atoms with van der Waals surface area (Å²) in [6.45, 7) is 12.4. The average molecular weight is 1620 g/mol. The fourth-order valence-electron chi connectivity index (χ4n) is 13.6. The second-order valence-electron chi connectivity index (χ2n) is 31.1. The summed E-state index contributed by atoms with van der Waals surface area (Å²) in [5.74, 6) is -14.4. The Balaban J connectivity index is 1.15. The maximum atomic E-state index is 14.2. The predicted octanol–water partition coefficient (Wildman–Crippen LogP) is 2.24. The smallest absolute Gasteiger partial charge is 0.326 e. The third-order valence-corrected chi connectivity index (χ3v) is 20.3. The molecule has 1 fully saturated rings. The van der Waals surface area contributed by atoms with Gasteiger partial charge in [0.25, 0.3) is 0 Å². The van der Waals surface area contributed by atoms with E-state index in [1.807, 2.05) is 18.2 Å². The third-order valence-electron chi connectivity index (χ3n) is 20.3. The number of nitrogens with one attached hydrogen (secondary N) is 11. The number of carboxylic acids is 2. The molecule has 0 spiro atoms. The summed E-state index contributed by atoms with van der Waals surface area (Å²) < 4.78 is 0. The molecular formula is C81H126N14O20. The summed E-state index contributed by atoms with van der Waals surface area (Å²) in [5.41, 5.74) is 12.9. The van der Waals surface area contributed by atoms with Crippen molar-refractivity contribution in [2.75, 3.05) is 13.2 Å². The van der Waals surface area contributed by atoms with Gasteiger partial charge in [-0.05, 0) is 93.7 Å². The molecule has 0 bridgehead atoms. The lowest BCUT2D eigenvalue weighted by atomic mass is 9.96. The molecule has 34 nitrogen and oxygen atoms in total. The van der Waals surface area contributed by atoms with E-state index in [1.54, 1.807) is 84.1 Å². The molecule has 1 aliphatic heterocycles. The van der Waals surface area contributed by atoms with Gasteiger partial charge in [-0.25, -0.2) is 9.59 Å². The monoisotopic (exact) mass is 1610 g/mol. The number of aliphatic hydroxyl groups is 3. The number of unbranched alkanes of at least 4 members (excludes halogenated alkanes) is 13. The van der Waals surface area contributed by atoms with Crippen molar-refractivity contribution in [3.8, 4) is 0 Å². The predicted molar refractivity (Wildman–Crippen MR) is 426 cm³/mol. The highest BCUT2D eigenvalue weighted by atomic mass is 16.4. The van der Waals surface area contributed by atoms with Gasteiger partial charge in [-0.1, -0.05) is 174 Å². The van der Waals surface area contributed by atoms with E-state index in [0.717, 1.165) is 88.0 Å². The van der Waals surface area contributed by atoms with Gasteiger partial charge in [0.2, 0.25) is 76.8 Å². The summed E-state index contributed by atoms with van der Waals surface area (Å²) in [6.07, 6.45) is 11.2. The zero-order valence-electron chi connectivity index (χ0n) is 67.8. The van der Waals surface area contributed by atoms with Crippen molar-refractivity contribution in [1.29, 1.82) is 0 Å². The normalized spacial score (nSPS) is 16.1. The Labute approximate surface area is 672 Å². The van der Waals surface area contributed by atoms with Gasteiger partial charge in [0, 0.05) is 55.7 Å². The van der Waals surface area contributed by atoms with Crippen LogP contribution in [0.1, 0.15) is 221 Å². The molecule has 640 valence electrons. The Morgan fingerprint density at radius 3 is 1.39 bits per heavy atom. The van der Waals surface area contributed by atoms with Gasteiger partial charge in [0.05, 0.1) is 25.2 Å². The molecule has 0 aliphatic carbocycles. The third kappa shape index (κ3) is 34.9. The number of aromatic amines is 1. The first-order chi connectivity index (χ1) is 54.5. The molecule has 4 rings (SSSR count). The van der Waals surface area contributed by atoms with Crippen molar-refractivity contribution in [3.05, 3.63) is 71.9 Å². The number of fused-ring (bicyclic) bond motifs is 1. The lowest BCUT2D eigenvalue weighted by molar-refractivity contribution is -0.143. The highest BCUT2D eigenvalue weighted by molar-refractivity contribution is 6.00. The standard InChI is InChI=1S/C81H126N14O20/c1-9-49(6)68(77(109)94-70(51(8)98)79(111)89-58(41-48(4)5)73(105)91-61(81(114)115)43-53-45-84-55-33-28-27-32-54(53)55)92-71(103)56(37-38-64(82)99)86-76(108)63-34-29-39-95(63)67(102)36-26-21-19-17-15-13-11-10-12-14-16-18-20-25-35-66(101)85-62(46-96)75(107)93-69(50(7)97)78(110)88-57(40-47(2)3)72(104)87-59(44-65(83)100)74(106)90-60(80(112)113)42-52-30-23-22-24-31-52/h22-24,27-28,30-33,45,47-51,56-63,68-70,84,96-98H,9-21,25-26,29,34-44,46H2,1-8H3,(H2,82,99)(H2,83,100)(H,85,101)(H,86,108)(H,87,104)(H,88,110)(H,89,111)(H,90,106)(H,91,105)(H,92,103)(H,93,107)(H,94,109)(H,112,113)(H,114,115)/t49-,50+,51+,56-,57-,58-,59-,60-,61-,62-,63-,68-,69-,70-/m0/s1. The molecule has 2 aromatic carbocycles. The van der Waals surface area contributed by atoms with Gasteiger partial charge in [0.15, 0.2) is 0 Å². The number of likely N-dealkylation sites (tertiary alicyclic amines) is 1. The number of H-pyrrole nitrogens is 1. The molecule has 115 heavy (non-hydrogen) atoms. The fraction of sp³-hybridized carbons (Fsp3) is 0.642. The molecule has 1 saturated heterocycles. The molecule has 14 atom stereocenters. The molecule has 13 amide bonds. The number of aromatic nitrogens is 1. The number of aliphatic carboxylic acids is 2. The zero-order chi connectivity index (χ0) is 85.4. The number of carbonyl (C=O) groups is 15. The molecule has 3 aromatic rings. The van der Waals surface area contributed by atoms with Crippen molar-refractivity contribution in [1.82, 2.24) is 63.1 Å². The Kier molecular flexibility index (Phi) is 43.1. The van der Waals surface area contributed by atoms with Crippen LogP contribution in [0.25, 0.3) is 10.9 Å². The summed E-state index contributed by atoms with van der Waals surface area (Å²) in [7, 11) is 0. The Hall–Kier alpha value is -10.1. The van der Waals surface area contributed by atoms with Crippen LogP contribution in [0.3, 0.4) is 0 Å². The number of nitrogens with zero attached hydrogens (tertiary/aromatic N) is 1. The topological polar surface area (TPSA) is 549 Å². The number of aliphatic hydroxyl groups excluding tert-OH is 3. The van der Waals surface area contributed by atoms with Crippen LogP contribution >= 0.6 is 0 Å². The Morgan fingerprint density at radius 2 is 0.904 bits per heavy atom. The first kappa shape index (κ1) is 97.3. The molecule has 1 aromatic heterocycles. The van der Waals surface area contributed by atoms with E-state index < -0.39 is 180 Å².